The molecule has 0 bridgehead atoms. The Hall–Kier alpha value is -1.49. The van der Waals surface area contributed by atoms with E-state index in [4.69, 9.17) is 5.73 Å². The Labute approximate surface area is 95.5 Å². The molecular weight excluding hydrogens is 204 g/mol. The first-order valence-electron chi connectivity index (χ1n) is 5.21. The summed E-state index contributed by atoms with van der Waals surface area (Å²) in [6.07, 6.45) is 2.03. The maximum Gasteiger partial charge on any atom is 0.219 e. The normalized spacial score (nSPS) is 11.4. The lowest BCUT2D eigenvalue weighted by Crippen LogP contribution is -2.42. The number of rotatable bonds is 5. The van der Waals surface area contributed by atoms with Crippen molar-refractivity contribution in [2.75, 3.05) is 0 Å². The lowest BCUT2D eigenvalue weighted by Gasteiger charge is -2.24. The fourth-order valence-electron chi connectivity index (χ4n) is 1.43. The standard InChI is InChI=1S/C11H18N4O/c1-8-13-5-4-9(15-8)7-14-11(2,3)6-10(12)16/h4-5,14H,6-7H2,1-3H3,(H2,12,16). The highest BCUT2D eigenvalue weighted by Gasteiger charge is 2.19. The summed E-state index contributed by atoms with van der Waals surface area (Å²) in [7, 11) is 0. The fraction of sp³-hybridized carbons (Fsp3) is 0.545. The van der Waals surface area contributed by atoms with Crippen LogP contribution in [0.2, 0.25) is 0 Å². The maximum atomic E-state index is 10.8. The molecule has 0 spiro atoms. The van der Waals surface area contributed by atoms with Crippen LogP contribution in [0.1, 0.15) is 31.8 Å². The number of nitrogens with two attached hydrogens (primary N) is 1. The lowest BCUT2D eigenvalue weighted by molar-refractivity contribution is -0.119. The van der Waals surface area contributed by atoms with Gasteiger partial charge in [0.15, 0.2) is 0 Å². The molecule has 0 aliphatic rings. The third-order valence-electron chi connectivity index (χ3n) is 2.20. The topological polar surface area (TPSA) is 80.9 Å². The average molecular weight is 222 g/mol. The predicted molar refractivity (Wildman–Crippen MR) is 61.5 cm³/mol. The van der Waals surface area contributed by atoms with Crippen molar-refractivity contribution in [3.05, 3.63) is 23.8 Å². The van der Waals surface area contributed by atoms with E-state index in [2.05, 4.69) is 15.3 Å². The second kappa shape index (κ2) is 5.03. The van der Waals surface area contributed by atoms with Crippen molar-refractivity contribution in [1.29, 1.82) is 0 Å². The minimum absolute atomic E-state index is 0.303. The molecule has 1 rings (SSSR count). The molecule has 0 saturated carbocycles. The Morgan fingerprint density at radius 1 is 1.56 bits per heavy atom. The van der Waals surface area contributed by atoms with Gasteiger partial charge < -0.3 is 11.1 Å². The molecule has 0 saturated heterocycles. The van der Waals surface area contributed by atoms with E-state index in [-0.39, 0.29) is 11.4 Å². The number of nitrogens with zero attached hydrogens (tertiary/aromatic N) is 2. The van der Waals surface area contributed by atoms with Gasteiger partial charge in [0.05, 0.1) is 5.69 Å². The molecule has 1 aromatic heterocycles. The third-order valence-corrected chi connectivity index (χ3v) is 2.20. The molecule has 3 N–H and O–H groups in total. The molecule has 0 aromatic carbocycles. The second-order valence-electron chi connectivity index (χ2n) is 4.48. The number of nitrogens with one attached hydrogen (secondary N) is 1. The number of aryl methyl sites for hydroxylation is 1. The van der Waals surface area contributed by atoms with Crippen LogP contribution < -0.4 is 11.1 Å². The fourth-order valence-corrected chi connectivity index (χ4v) is 1.43. The number of primary amides is 1. The summed E-state index contributed by atoms with van der Waals surface area (Å²) in [6, 6.07) is 1.85. The van der Waals surface area contributed by atoms with Gasteiger partial charge in [0.1, 0.15) is 5.82 Å². The summed E-state index contributed by atoms with van der Waals surface area (Å²) < 4.78 is 0. The van der Waals surface area contributed by atoms with Gasteiger partial charge in [0.25, 0.3) is 0 Å². The molecule has 1 heterocycles. The molecule has 0 atom stereocenters. The van der Waals surface area contributed by atoms with E-state index in [9.17, 15) is 4.79 Å². The Bertz CT molecular complexity index is 376. The van der Waals surface area contributed by atoms with Gasteiger partial charge in [-0.15, -0.1) is 0 Å². The number of aromatic nitrogens is 2. The van der Waals surface area contributed by atoms with Crippen LogP contribution in [0.5, 0.6) is 0 Å². The lowest BCUT2D eigenvalue weighted by atomic mass is 10.0. The quantitative estimate of drug-likeness (QED) is 0.761. The van der Waals surface area contributed by atoms with E-state index in [1.807, 2.05) is 26.8 Å². The first kappa shape index (κ1) is 12.6. The van der Waals surface area contributed by atoms with Crippen molar-refractivity contribution >= 4 is 5.91 Å². The van der Waals surface area contributed by atoms with E-state index in [1.54, 1.807) is 6.20 Å². The van der Waals surface area contributed by atoms with Gasteiger partial charge in [0.2, 0.25) is 5.91 Å². The molecule has 1 aromatic rings. The minimum Gasteiger partial charge on any atom is -0.370 e. The van der Waals surface area contributed by atoms with Crippen LogP contribution in [-0.2, 0) is 11.3 Å². The molecule has 0 unspecified atom stereocenters. The highest BCUT2D eigenvalue weighted by Crippen LogP contribution is 2.08. The number of carbonyl (C=O) groups is 1. The van der Waals surface area contributed by atoms with Crippen LogP contribution in [0.4, 0.5) is 0 Å². The van der Waals surface area contributed by atoms with E-state index in [1.165, 1.54) is 0 Å². The Morgan fingerprint density at radius 3 is 2.81 bits per heavy atom. The van der Waals surface area contributed by atoms with Crippen LogP contribution >= 0.6 is 0 Å². The van der Waals surface area contributed by atoms with Crippen molar-refractivity contribution in [2.24, 2.45) is 5.73 Å². The van der Waals surface area contributed by atoms with Crippen LogP contribution in [0, 0.1) is 6.92 Å². The monoisotopic (exact) mass is 222 g/mol. The molecule has 88 valence electrons. The zero-order chi connectivity index (χ0) is 12.2. The van der Waals surface area contributed by atoms with E-state index in [0.29, 0.717) is 13.0 Å². The molecule has 0 radical (unpaired) electrons. The maximum absolute atomic E-state index is 10.8. The minimum atomic E-state index is -0.315. The van der Waals surface area contributed by atoms with Gasteiger partial charge in [-0.2, -0.15) is 0 Å². The highest BCUT2D eigenvalue weighted by molar-refractivity contribution is 5.74. The van der Waals surface area contributed by atoms with E-state index in [0.717, 1.165) is 11.5 Å². The zero-order valence-electron chi connectivity index (χ0n) is 9.95. The smallest absolute Gasteiger partial charge is 0.219 e. The molecule has 0 fully saturated rings. The molecule has 16 heavy (non-hydrogen) atoms. The van der Waals surface area contributed by atoms with Crippen molar-refractivity contribution in [2.45, 2.75) is 39.3 Å². The second-order valence-corrected chi connectivity index (χ2v) is 4.48. The summed E-state index contributed by atoms with van der Waals surface area (Å²) in [6.45, 7) is 6.32. The Balaban J connectivity index is 2.54. The number of hydrogen-bond donors (Lipinski definition) is 2. The van der Waals surface area contributed by atoms with Crippen molar-refractivity contribution in [1.82, 2.24) is 15.3 Å². The van der Waals surface area contributed by atoms with Crippen LogP contribution in [0.3, 0.4) is 0 Å². The Morgan fingerprint density at radius 2 is 2.25 bits per heavy atom. The van der Waals surface area contributed by atoms with Gasteiger partial charge >= 0.3 is 0 Å². The van der Waals surface area contributed by atoms with Crippen LogP contribution in [0.25, 0.3) is 0 Å². The number of hydrogen-bond acceptors (Lipinski definition) is 4. The van der Waals surface area contributed by atoms with Gasteiger partial charge in [-0.05, 0) is 26.8 Å². The molecule has 1 amide bonds. The first-order chi connectivity index (χ1) is 7.39. The summed E-state index contributed by atoms with van der Waals surface area (Å²) in [4.78, 5) is 19.1. The SMILES string of the molecule is Cc1nccc(CNC(C)(C)CC(N)=O)n1. The highest BCUT2D eigenvalue weighted by atomic mass is 16.1. The van der Waals surface area contributed by atoms with Crippen LogP contribution in [0.15, 0.2) is 12.3 Å². The summed E-state index contributed by atoms with van der Waals surface area (Å²) >= 11 is 0. The molecule has 0 aliphatic carbocycles. The molecule has 5 nitrogen and oxygen atoms in total. The first-order valence-corrected chi connectivity index (χ1v) is 5.21. The largest absolute Gasteiger partial charge is 0.370 e. The van der Waals surface area contributed by atoms with E-state index >= 15 is 0 Å². The number of carbonyl (C=O) groups excluding carboxylic acids is 1. The number of amides is 1. The van der Waals surface area contributed by atoms with Crippen molar-refractivity contribution < 1.29 is 4.79 Å². The van der Waals surface area contributed by atoms with E-state index < -0.39 is 0 Å². The third kappa shape index (κ3) is 4.35. The zero-order valence-corrected chi connectivity index (χ0v) is 9.95. The molecular formula is C11H18N4O. The predicted octanol–water partition coefficient (Wildman–Crippen LogP) is 0.529. The van der Waals surface area contributed by atoms with Crippen molar-refractivity contribution in [3.8, 4) is 0 Å². The van der Waals surface area contributed by atoms with Gasteiger partial charge in [-0.3, -0.25) is 4.79 Å². The van der Waals surface area contributed by atoms with Crippen molar-refractivity contribution in [3.63, 3.8) is 0 Å². The average Bonchev–Trinajstić information content (AvgIpc) is 2.13. The molecule has 5 heteroatoms. The summed E-state index contributed by atoms with van der Waals surface area (Å²) in [5.74, 6) is 0.434. The summed E-state index contributed by atoms with van der Waals surface area (Å²) in [5, 5.41) is 3.24. The van der Waals surface area contributed by atoms with Gasteiger partial charge in [0, 0.05) is 24.7 Å². The van der Waals surface area contributed by atoms with Crippen LogP contribution in [-0.4, -0.2) is 21.4 Å². The molecule has 0 aliphatic heterocycles. The van der Waals surface area contributed by atoms with Gasteiger partial charge in [-0.25, -0.2) is 9.97 Å². The van der Waals surface area contributed by atoms with Gasteiger partial charge in [-0.1, -0.05) is 0 Å². The Kier molecular flexibility index (Phi) is 3.95. The summed E-state index contributed by atoms with van der Waals surface area (Å²) in [5.41, 5.74) is 5.76.